The fourth-order valence-corrected chi connectivity index (χ4v) is 1.89. The number of hydrogen-bond donors (Lipinski definition) is 1. The van der Waals surface area contributed by atoms with Crippen molar-refractivity contribution in [3.63, 3.8) is 0 Å². The van der Waals surface area contributed by atoms with E-state index >= 15 is 0 Å². The summed E-state index contributed by atoms with van der Waals surface area (Å²) in [7, 11) is 0. The zero-order chi connectivity index (χ0) is 9.26. The third-order valence-corrected chi connectivity index (χ3v) is 3.11. The molecular weight excluding hydrogens is 277 g/mol. The lowest BCUT2D eigenvalue weighted by Gasteiger charge is -1.97. The fourth-order valence-electron chi connectivity index (χ4n) is 1.38. The molecule has 1 aromatic rings. The van der Waals surface area contributed by atoms with Crippen LogP contribution in [0.1, 0.15) is 12.8 Å². The lowest BCUT2D eigenvalue weighted by molar-refractivity contribution is 0.985. The normalized spacial score (nSPS) is 20.8. The van der Waals surface area contributed by atoms with Crippen molar-refractivity contribution < 1.29 is 0 Å². The van der Waals surface area contributed by atoms with Gasteiger partial charge in [-0.25, -0.2) is 9.97 Å². The first-order chi connectivity index (χ1) is 6.27. The Hall–Kier alpha value is -0.650. The third-order valence-electron chi connectivity index (χ3n) is 2.09. The quantitative estimate of drug-likeness (QED) is 0.548. The number of rotatable bonds is 0. The summed E-state index contributed by atoms with van der Waals surface area (Å²) in [5.41, 5.74) is 5.75. The van der Waals surface area contributed by atoms with Gasteiger partial charge in [0, 0.05) is 9.14 Å². The Bertz CT molecular complexity index is 427. The monoisotopic (exact) mass is 287 g/mol. The zero-order valence-electron chi connectivity index (χ0n) is 7.07. The van der Waals surface area contributed by atoms with Gasteiger partial charge in [-0.15, -0.1) is 0 Å². The molecule has 1 heterocycles. The van der Waals surface area contributed by atoms with Crippen LogP contribution in [0.2, 0.25) is 0 Å². The molecule has 0 bridgehead atoms. The predicted octanol–water partition coefficient (Wildman–Crippen LogP) is 0.217. The van der Waals surface area contributed by atoms with Gasteiger partial charge in [-0.05, 0) is 12.8 Å². The zero-order valence-corrected chi connectivity index (χ0v) is 9.23. The molecule has 0 aromatic carbocycles. The summed E-state index contributed by atoms with van der Waals surface area (Å²) in [4.78, 5) is 8.17. The Morgan fingerprint density at radius 3 is 2.92 bits per heavy atom. The van der Waals surface area contributed by atoms with Crippen LogP contribution in [0.25, 0.3) is 12.2 Å². The maximum absolute atomic E-state index is 5.75. The molecule has 0 amide bonds. The molecule has 0 fully saturated rings. The van der Waals surface area contributed by atoms with Gasteiger partial charge >= 0.3 is 0 Å². The molecule has 1 aliphatic rings. The Labute approximate surface area is 89.9 Å². The highest BCUT2D eigenvalue weighted by Crippen LogP contribution is 2.12. The molecule has 1 atom stereocenters. The average molecular weight is 287 g/mol. The smallest absolute Gasteiger partial charge is 0.134 e. The maximum Gasteiger partial charge on any atom is 0.134 e. The summed E-state index contributed by atoms with van der Waals surface area (Å²) < 4.78 is 0.645. The third kappa shape index (κ3) is 1.82. The highest BCUT2D eigenvalue weighted by atomic mass is 127. The maximum atomic E-state index is 5.75. The van der Waals surface area contributed by atoms with Gasteiger partial charge in [0.1, 0.15) is 12.1 Å². The van der Waals surface area contributed by atoms with Crippen LogP contribution in [0, 0.1) is 0 Å². The summed E-state index contributed by atoms with van der Waals surface area (Å²) in [6, 6.07) is 0. The number of aromatic nitrogens is 2. The molecule has 4 heteroatoms. The molecule has 3 nitrogen and oxygen atoms in total. The predicted molar refractivity (Wildman–Crippen MR) is 61.7 cm³/mol. The molecule has 2 rings (SSSR count). The van der Waals surface area contributed by atoms with Gasteiger partial charge in [-0.2, -0.15) is 0 Å². The molecule has 0 saturated heterocycles. The minimum atomic E-state index is 0.590. The van der Waals surface area contributed by atoms with E-state index in [0.717, 1.165) is 23.4 Å². The highest BCUT2D eigenvalue weighted by Gasteiger charge is 2.04. The Morgan fingerprint density at radius 2 is 2.08 bits per heavy atom. The van der Waals surface area contributed by atoms with E-state index < -0.39 is 0 Å². The van der Waals surface area contributed by atoms with Gasteiger partial charge in [0.05, 0.1) is 5.35 Å². The largest absolute Gasteiger partial charge is 0.383 e. The summed E-state index contributed by atoms with van der Waals surface area (Å²) in [5, 5.41) is 1.98. The van der Waals surface area contributed by atoms with Crippen molar-refractivity contribution in [1.82, 2.24) is 9.97 Å². The summed E-state index contributed by atoms with van der Waals surface area (Å²) in [5.74, 6) is 0.590. The minimum Gasteiger partial charge on any atom is -0.383 e. The standard InChI is InChI=1S/C9H10IN3/c10-6-1-3-7-8(4-2-6)12-5-13-9(7)11/h3-6H,1-2H2,(H2,11,12,13). The lowest BCUT2D eigenvalue weighted by atomic mass is 10.2. The van der Waals surface area contributed by atoms with Gasteiger partial charge < -0.3 is 5.73 Å². The van der Waals surface area contributed by atoms with E-state index in [1.165, 1.54) is 6.33 Å². The first kappa shape index (κ1) is 8.93. The van der Waals surface area contributed by atoms with Crippen molar-refractivity contribution in [2.75, 3.05) is 5.73 Å². The molecule has 0 saturated carbocycles. The lowest BCUT2D eigenvalue weighted by Crippen LogP contribution is -2.31. The van der Waals surface area contributed by atoms with Crippen molar-refractivity contribution in [1.29, 1.82) is 0 Å². The van der Waals surface area contributed by atoms with E-state index in [1.807, 2.05) is 0 Å². The molecular formula is C9H10IN3. The first-order valence-corrected chi connectivity index (χ1v) is 5.43. The van der Waals surface area contributed by atoms with Crippen molar-refractivity contribution in [3.8, 4) is 0 Å². The van der Waals surface area contributed by atoms with Crippen LogP contribution >= 0.6 is 22.6 Å². The van der Waals surface area contributed by atoms with Crippen LogP contribution in [0.5, 0.6) is 0 Å². The molecule has 1 aliphatic carbocycles. The molecule has 1 aromatic heterocycles. The van der Waals surface area contributed by atoms with Gasteiger partial charge in [0.25, 0.3) is 0 Å². The fraction of sp³-hybridized carbons (Fsp3) is 0.333. The number of nitrogens with zero attached hydrogens (tertiary/aromatic N) is 2. The van der Waals surface area contributed by atoms with Crippen LogP contribution in [-0.4, -0.2) is 13.9 Å². The topological polar surface area (TPSA) is 51.8 Å². The average Bonchev–Trinajstić information content (AvgIpc) is 2.30. The van der Waals surface area contributed by atoms with Crippen LogP contribution in [0.3, 0.4) is 0 Å². The number of alkyl halides is 1. The number of hydrogen-bond acceptors (Lipinski definition) is 3. The van der Waals surface area contributed by atoms with E-state index in [0.29, 0.717) is 9.74 Å². The van der Waals surface area contributed by atoms with Gasteiger partial charge in [0.15, 0.2) is 0 Å². The first-order valence-electron chi connectivity index (χ1n) is 4.18. The van der Waals surface area contributed by atoms with E-state index in [-0.39, 0.29) is 0 Å². The summed E-state index contributed by atoms with van der Waals surface area (Å²) in [6.45, 7) is 0. The second-order valence-corrected chi connectivity index (χ2v) is 4.80. The SMILES string of the molecule is Nc1ncnc2c1=CCC(I)CC=2. The number of fused-ring (bicyclic) bond motifs is 1. The van der Waals surface area contributed by atoms with Gasteiger partial charge in [-0.1, -0.05) is 34.7 Å². The van der Waals surface area contributed by atoms with Crippen LogP contribution in [-0.2, 0) is 0 Å². The Morgan fingerprint density at radius 1 is 1.31 bits per heavy atom. The van der Waals surface area contributed by atoms with E-state index in [1.54, 1.807) is 0 Å². The Kier molecular flexibility index (Phi) is 2.48. The molecule has 2 N–H and O–H groups in total. The van der Waals surface area contributed by atoms with E-state index in [4.69, 9.17) is 5.73 Å². The van der Waals surface area contributed by atoms with Gasteiger partial charge in [-0.3, -0.25) is 0 Å². The number of nitrogens with two attached hydrogens (primary N) is 1. The Balaban J connectivity index is 2.69. The molecule has 0 radical (unpaired) electrons. The summed E-state index contributed by atoms with van der Waals surface area (Å²) in [6.07, 6.45) is 7.88. The van der Waals surface area contributed by atoms with Crippen molar-refractivity contribution in [2.45, 2.75) is 16.8 Å². The molecule has 0 spiro atoms. The number of anilines is 1. The van der Waals surface area contributed by atoms with Crippen molar-refractivity contribution in [3.05, 3.63) is 16.9 Å². The van der Waals surface area contributed by atoms with E-state index in [2.05, 4.69) is 44.7 Å². The van der Waals surface area contributed by atoms with Crippen LogP contribution in [0.15, 0.2) is 6.33 Å². The van der Waals surface area contributed by atoms with Crippen LogP contribution < -0.4 is 16.3 Å². The van der Waals surface area contributed by atoms with Gasteiger partial charge in [0.2, 0.25) is 0 Å². The number of nitrogen functional groups attached to an aromatic ring is 1. The highest BCUT2D eigenvalue weighted by molar-refractivity contribution is 14.1. The molecule has 68 valence electrons. The minimum absolute atomic E-state index is 0.590. The summed E-state index contributed by atoms with van der Waals surface area (Å²) >= 11 is 2.44. The van der Waals surface area contributed by atoms with Crippen LogP contribution in [0.4, 0.5) is 5.82 Å². The second kappa shape index (κ2) is 3.61. The number of halogens is 1. The van der Waals surface area contributed by atoms with Crippen molar-refractivity contribution >= 4 is 40.6 Å². The molecule has 13 heavy (non-hydrogen) atoms. The van der Waals surface area contributed by atoms with Crippen molar-refractivity contribution in [2.24, 2.45) is 0 Å². The molecule has 1 unspecified atom stereocenters. The molecule has 0 aliphatic heterocycles. The second-order valence-electron chi connectivity index (χ2n) is 3.03. The van der Waals surface area contributed by atoms with E-state index in [9.17, 15) is 0 Å².